The lowest BCUT2D eigenvalue weighted by molar-refractivity contribution is -0.116. The second kappa shape index (κ2) is 11.1. The van der Waals surface area contributed by atoms with E-state index in [9.17, 15) is 23.2 Å². The van der Waals surface area contributed by atoms with Crippen molar-refractivity contribution in [3.63, 3.8) is 0 Å². The lowest BCUT2D eigenvalue weighted by Gasteiger charge is -2.16. The van der Waals surface area contributed by atoms with Gasteiger partial charge in [-0.15, -0.1) is 0 Å². The van der Waals surface area contributed by atoms with Gasteiger partial charge in [-0.3, -0.25) is 14.4 Å². The number of halogens is 2. The summed E-state index contributed by atoms with van der Waals surface area (Å²) >= 11 is 0. The molecule has 0 unspecified atom stereocenters. The van der Waals surface area contributed by atoms with Crippen LogP contribution in [-0.2, 0) is 11.3 Å². The molecule has 0 spiro atoms. The fourth-order valence-corrected chi connectivity index (χ4v) is 3.96. The molecule has 196 valence electrons. The molecule has 38 heavy (non-hydrogen) atoms. The van der Waals surface area contributed by atoms with Crippen molar-refractivity contribution in [2.24, 2.45) is 0 Å². The van der Waals surface area contributed by atoms with E-state index >= 15 is 0 Å². The maximum atomic E-state index is 13.6. The topological polar surface area (TPSA) is 95.9 Å². The number of carbonyl (C=O) groups excluding carboxylic acids is 2. The van der Waals surface area contributed by atoms with Crippen molar-refractivity contribution in [3.05, 3.63) is 93.8 Å². The number of pyridine rings is 1. The summed E-state index contributed by atoms with van der Waals surface area (Å²) in [4.78, 5) is 39.7. The molecule has 1 heterocycles. The Balaban J connectivity index is 1.79. The zero-order valence-corrected chi connectivity index (χ0v) is 20.8. The predicted octanol–water partition coefficient (Wildman–Crippen LogP) is 4.57. The van der Waals surface area contributed by atoms with Gasteiger partial charge in [0.15, 0.2) is 28.9 Å². The van der Waals surface area contributed by atoms with E-state index in [1.54, 1.807) is 24.3 Å². The summed E-state index contributed by atoms with van der Waals surface area (Å²) in [5, 5.41) is 2.61. The van der Waals surface area contributed by atoms with E-state index in [1.807, 2.05) is 6.92 Å². The molecule has 0 fully saturated rings. The van der Waals surface area contributed by atoms with Crippen LogP contribution < -0.4 is 25.0 Å². The van der Waals surface area contributed by atoms with Gasteiger partial charge in [0.1, 0.15) is 12.3 Å². The largest absolute Gasteiger partial charge is 0.494 e. The zero-order chi connectivity index (χ0) is 27.4. The summed E-state index contributed by atoms with van der Waals surface area (Å²) in [6.45, 7) is 1.94. The van der Waals surface area contributed by atoms with E-state index in [0.717, 1.165) is 12.1 Å². The van der Waals surface area contributed by atoms with Crippen LogP contribution >= 0.6 is 0 Å². The molecule has 0 aliphatic heterocycles. The van der Waals surface area contributed by atoms with Gasteiger partial charge in [-0.05, 0) is 49.4 Å². The van der Waals surface area contributed by atoms with E-state index in [1.165, 1.54) is 43.2 Å². The Labute approximate surface area is 216 Å². The van der Waals surface area contributed by atoms with E-state index in [4.69, 9.17) is 14.2 Å². The average molecular weight is 523 g/mol. The number of aromatic nitrogens is 1. The van der Waals surface area contributed by atoms with Crippen molar-refractivity contribution in [3.8, 4) is 17.2 Å². The molecule has 4 aromatic rings. The van der Waals surface area contributed by atoms with Crippen LogP contribution in [0, 0.1) is 11.6 Å². The van der Waals surface area contributed by atoms with Crippen LogP contribution in [0.15, 0.2) is 65.6 Å². The molecule has 1 aromatic heterocycles. The standard InChI is InChI=1S/C28H24F2N2O6/c1-4-38-18-8-5-16(6-9-18)27(34)20-14-32(15-26(33)31-17-7-10-21(29)22(30)11-17)23-13-25(37-3)24(36-2)12-19(23)28(20)35/h5-14H,4,15H2,1-3H3,(H,31,33). The van der Waals surface area contributed by atoms with Crippen molar-refractivity contribution in [2.75, 3.05) is 26.1 Å². The van der Waals surface area contributed by atoms with E-state index in [-0.39, 0.29) is 34.5 Å². The Kier molecular flexibility index (Phi) is 7.71. The first-order valence-electron chi connectivity index (χ1n) is 11.6. The van der Waals surface area contributed by atoms with Crippen LogP contribution in [0.3, 0.4) is 0 Å². The Hall–Kier alpha value is -4.73. The number of methoxy groups -OCH3 is 2. The molecule has 0 radical (unpaired) electrons. The van der Waals surface area contributed by atoms with Crippen molar-refractivity contribution in [2.45, 2.75) is 13.5 Å². The molecule has 0 saturated heterocycles. The van der Waals surface area contributed by atoms with Crippen LogP contribution in [0.2, 0.25) is 0 Å². The number of nitrogens with zero attached hydrogens (tertiary/aromatic N) is 1. The second-order valence-electron chi connectivity index (χ2n) is 8.19. The summed E-state index contributed by atoms with van der Waals surface area (Å²) in [5.41, 5.74) is -0.129. The maximum Gasteiger partial charge on any atom is 0.244 e. The molecule has 8 nitrogen and oxygen atoms in total. The number of amides is 1. The molecule has 1 N–H and O–H groups in total. The lowest BCUT2D eigenvalue weighted by Crippen LogP contribution is -2.24. The molecular formula is C28H24F2N2O6. The van der Waals surface area contributed by atoms with Gasteiger partial charge in [0.2, 0.25) is 11.3 Å². The third-order valence-corrected chi connectivity index (χ3v) is 5.77. The van der Waals surface area contributed by atoms with Crippen molar-refractivity contribution in [1.29, 1.82) is 0 Å². The molecule has 0 atom stereocenters. The molecule has 4 rings (SSSR count). The van der Waals surface area contributed by atoms with E-state index in [2.05, 4.69) is 5.32 Å². The highest BCUT2D eigenvalue weighted by Gasteiger charge is 2.21. The number of ether oxygens (including phenoxy) is 3. The fraction of sp³-hybridized carbons (Fsp3) is 0.179. The smallest absolute Gasteiger partial charge is 0.244 e. The number of benzene rings is 3. The molecule has 3 aromatic carbocycles. The van der Waals surface area contributed by atoms with Crippen LogP contribution in [-0.4, -0.2) is 37.1 Å². The number of anilines is 1. The van der Waals surface area contributed by atoms with Crippen LogP contribution in [0.25, 0.3) is 10.9 Å². The fourth-order valence-electron chi connectivity index (χ4n) is 3.96. The molecule has 0 bridgehead atoms. The first-order valence-corrected chi connectivity index (χ1v) is 11.6. The number of nitrogens with one attached hydrogen (secondary N) is 1. The van der Waals surface area contributed by atoms with Crippen molar-refractivity contribution < 1.29 is 32.6 Å². The van der Waals surface area contributed by atoms with Crippen LogP contribution in [0.4, 0.5) is 14.5 Å². The Bertz CT molecular complexity index is 1580. The van der Waals surface area contributed by atoms with Gasteiger partial charge in [0.05, 0.1) is 37.3 Å². The van der Waals surface area contributed by atoms with E-state index < -0.39 is 28.8 Å². The molecular weight excluding hydrogens is 498 g/mol. The number of hydrogen-bond donors (Lipinski definition) is 1. The summed E-state index contributed by atoms with van der Waals surface area (Å²) in [5.74, 6) is -2.17. The normalized spacial score (nSPS) is 10.8. The van der Waals surface area contributed by atoms with Crippen LogP contribution in [0.1, 0.15) is 22.8 Å². The van der Waals surface area contributed by atoms with Gasteiger partial charge >= 0.3 is 0 Å². The summed E-state index contributed by atoms with van der Waals surface area (Å²) in [6.07, 6.45) is 1.29. The average Bonchev–Trinajstić information content (AvgIpc) is 2.91. The SMILES string of the molecule is CCOc1ccc(C(=O)c2cn(CC(=O)Nc3ccc(F)c(F)c3)c3cc(OC)c(OC)cc3c2=O)cc1. The quantitative estimate of drug-likeness (QED) is 0.324. The van der Waals surface area contributed by atoms with Gasteiger partial charge in [-0.2, -0.15) is 0 Å². The lowest BCUT2D eigenvalue weighted by atomic mass is 10.0. The zero-order valence-electron chi connectivity index (χ0n) is 20.8. The molecule has 0 aliphatic carbocycles. The number of rotatable bonds is 9. The molecule has 10 heteroatoms. The highest BCUT2D eigenvalue weighted by atomic mass is 19.2. The van der Waals surface area contributed by atoms with Crippen molar-refractivity contribution >= 4 is 28.3 Å². The minimum Gasteiger partial charge on any atom is -0.494 e. The third-order valence-electron chi connectivity index (χ3n) is 5.77. The Morgan fingerprint density at radius 2 is 1.61 bits per heavy atom. The maximum absolute atomic E-state index is 13.6. The predicted molar refractivity (Wildman–Crippen MR) is 137 cm³/mol. The number of fused-ring (bicyclic) bond motifs is 1. The number of ketones is 1. The first-order chi connectivity index (χ1) is 18.2. The van der Waals surface area contributed by atoms with Gasteiger partial charge in [-0.1, -0.05) is 0 Å². The molecule has 1 amide bonds. The van der Waals surface area contributed by atoms with Crippen molar-refractivity contribution in [1.82, 2.24) is 4.57 Å². The molecule has 0 aliphatic rings. The number of carbonyl (C=O) groups is 2. The summed E-state index contributed by atoms with van der Waals surface area (Å²) < 4.78 is 44.4. The Morgan fingerprint density at radius 3 is 2.24 bits per heavy atom. The van der Waals surface area contributed by atoms with Gasteiger partial charge in [-0.25, -0.2) is 8.78 Å². The second-order valence-corrected chi connectivity index (χ2v) is 8.19. The number of hydrogen-bond acceptors (Lipinski definition) is 6. The van der Waals surface area contributed by atoms with E-state index in [0.29, 0.717) is 23.6 Å². The monoisotopic (exact) mass is 522 g/mol. The van der Waals surface area contributed by atoms with Crippen LogP contribution in [0.5, 0.6) is 17.2 Å². The summed E-state index contributed by atoms with van der Waals surface area (Å²) in [6, 6.07) is 12.3. The highest BCUT2D eigenvalue weighted by molar-refractivity contribution is 6.10. The van der Waals surface area contributed by atoms with Gasteiger partial charge < -0.3 is 24.1 Å². The minimum absolute atomic E-state index is 0.0455. The Morgan fingerprint density at radius 1 is 0.921 bits per heavy atom. The first kappa shape index (κ1) is 26.3. The van der Waals surface area contributed by atoms with Gasteiger partial charge in [0, 0.05) is 29.6 Å². The summed E-state index contributed by atoms with van der Waals surface area (Å²) in [7, 11) is 2.83. The van der Waals surface area contributed by atoms with Gasteiger partial charge in [0.25, 0.3) is 0 Å². The third kappa shape index (κ3) is 5.34. The molecule has 0 saturated carbocycles. The highest BCUT2D eigenvalue weighted by Crippen LogP contribution is 2.31. The minimum atomic E-state index is -1.11.